The first-order valence-corrected chi connectivity index (χ1v) is 6.76. The van der Waals surface area contributed by atoms with Crippen LogP contribution in [0.15, 0.2) is 16.5 Å². The van der Waals surface area contributed by atoms with Gasteiger partial charge in [0.15, 0.2) is 0 Å². The summed E-state index contributed by atoms with van der Waals surface area (Å²) in [6.45, 7) is 6.68. The van der Waals surface area contributed by atoms with Gasteiger partial charge in [0.25, 0.3) is 0 Å². The molecule has 0 atom stereocenters. The maximum Gasteiger partial charge on any atom is 0.118 e. The number of hydrogen-bond donors (Lipinski definition) is 1. The van der Waals surface area contributed by atoms with Gasteiger partial charge in [-0.05, 0) is 57.6 Å². The average Bonchev–Trinajstić information content (AvgIpc) is 2.80. The maximum absolute atomic E-state index is 5.76. The van der Waals surface area contributed by atoms with Crippen LogP contribution in [0.25, 0.3) is 0 Å². The van der Waals surface area contributed by atoms with E-state index < -0.39 is 0 Å². The maximum atomic E-state index is 5.76. The van der Waals surface area contributed by atoms with Crippen molar-refractivity contribution >= 4 is 0 Å². The van der Waals surface area contributed by atoms with Gasteiger partial charge in [0.2, 0.25) is 0 Å². The molecule has 0 unspecified atom stereocenters. The van der Waals surface area contributed by atoms with Crippen LogP contribution in [0, 0.1) is 5.92 Å². The molecule has 0 spiro atoms. The van der Waals surface area contributed by atoms with Crippen molar-refractivity contribution in [3.05, 3.63) is 23.7 Å². The Hall–Kier alpha value is -0.800. The molecule has 1 N–H and O–H groups in total. The van der Waals surface area contributed by atoms with Gasteiger partial charge in [-0.3, -0.25) is 4.90 Å². The largest absolute Gasteiger partial charge is 0.465 e. The highest BCUT2D eigenvalue weighted by Crippen LogP contribution is 2.19. The molecule has 1 aliphatic rings. The highest BCUT2D eigenvalue weighted by atomic mass is 16.3. The molecular formula is C14H24N2O. The summed E-state index contributed by atoms with van der Waals surface area (Å²) >= 11 is 0. The van der Waals surface area contributed by atoms with Gasteiger partial charge >= 0.3 is 0 Å². The normalized spacial score (nSPS) is 18.7. The first-order valence-electron chi connectivity index (χ1n) is 6.76. The van der Waals surface area contributed by atoms with E-state index in [1.165, 1.54) is 25.9 Å². The van der Waals surface area contributed by atoms with E-state index in [0.717, 1.165) is 36.9 Å². The van der Waals surface area contributed by atoms with E-state index in [1.54, 1.807) is 0 Å². The Bertz CT molecular complexity index is 327. The van der Waals surface area contributed by atoms with Crippen molar-refractivity contribution in [1.82, 2.24) is 10.2 Å². The molecule has 1 aromatic heterocycles. The molecule has 0 saturated carbocycles. The van der Waals surface area contributed by atoms with Crippen LogP contribution >= 0.6 is 0 Å². The Morgan fingerprint density at radius 2 is 2.00 bits per heavy atom. The van der Waals surface area contributed by atoms with Gasteiger partial charge in [-0.2, -0.15) is 0 Å². The van der Waals surface area contributed by atoms with Gasteiger partial charge in [-0.15, -0.1) is 0 Å². The zero-order chi connectivity index (χ0) is 12.1. The number of likely N-dealkylation sites (tertiary alicyclic amines) is 1. The Labute approximate surface area is 104 Å². The number of nitrogens with zero attached hydrogens (tertiary/aromatic N) is 1. The van der Waals surface area contributed by atoms with E-state index in [-0.39, 0.29) is 0 Å². The van der Waals surface area contributed by atoms with E-state index in [9.17, 15) is 0 Å². The van der Waals surface area contributed by atoms with Gasteiger partial charge in [0, 0.05) is 6.42 Å². The zero-order valence-corrected chi connectivity index (χ0v) is 11.0. The molecule has 1 aromatic rings. The fraction of sp³-hybridized carbons (Fsp3) is 0.714. The van der Waals surface area contributed by atoms with Crippen molar-refractivity contribution in [2.45, 2.75) is 32.7 Å². The second-order valence-corrected chi connectivity index (χ2v) is 5.00. The summed E-state index contributed by atoms with van der Waals surface area (Å²) in [5, 5.41) is 3.28. The molecule has 17 heavy (non-hydrogen) atoms. The lowest BCUT2D eigenvalue weighted by Crippen LogP contribution is -2.36. The zero-order valence-electron chi connectivity index (χ0n) is 11.0. The van der Waals surface area contributed by atoms with E-state index in [0.29, 0.717) is 0 Å². The molecule has 96 valence electrons. The number of furan rings is 1. The Balaban J connectivity index is 1.77. The lowest BCUT2D eigenvalue weighted by molar-refractivity contribution is 0.165. The van der Waals surface area contributed by atoms with E-state index in [4.69, 9.17) is 4.42 Å². The number of aryl methyl sites for hydroxylation is 1. The van der Waals surface area contributed by atoms with Gasteiger partial charge in [0.1, 0.15) is 11.5 Å². The van der Waals surface area contributed by atoms with Gasteiger partial charge in [0.05, 0.1) is 6.54 Å². The minimum Gasteiger partial charge on any atom is -0.465 e. The van der Waals surface area contributed by atoms with Gasteiger partial charge in [-0.25, -0.2) is 0 Å². The smallest absolute Gasteiger partial charge is 0.118 e. The lowest BCUT2D eigenvalue weighted by Gasteiger charge is -2.31. The van der Waals surface area contributed by atoms with E-state index in [2.05, 4.69) is 29.3 Å². The van der Waals surface area contributed by atoms with Crippen LogP contribution in [-0.2, 0) is 13.0 Å². The van der Waals surface area contributed by atoms with Gasteiger partial charge in [-0.1, -0.05) is 6.92 Å². The molecule has 2 heterocycles. The highest BCUT2D eigenvalue weighted by molar-refractivity contribution is 5.07. The standard InChI is InChI=1S/C14H24N2O/c1-3-13-4-5-14(17-13)11-16-8-6-12(7-9-16)10-15-2/h4-5,12,15H,3,6-11H2,1-2H3. The third-order valence-electron chi connectivity index (χ3n) is 3.65. The quantitative estimate of drug-likeness (QED) is 0.850. The molecule has 0 aliphatic carbocycles. The molecule has 3 heteroatoms. The fourth-order valence-electron chi connectivity index (χ4n) is 2.56. The monoisotopic (exact) mass is 236 g/mol. The summed E-state index contributed by atoms with van der Waals surface area (Å²) in [7, 11) is 2.04. The first-order chi connectivity index (χ1) is 8.31. The number of rotatable bonds is 5. The van der Waals surface area contributed by atoms with Crippen molar-refractivity contribution in [3.63, 3.8) is 0 Å². The second kappa shape index (κ2) is 6.22. The molecule has 1 saturated heterocycles. The van der Waals surface area contributed by atoms with Crippen LogP contribution in [0.4, 0.5) is 0 Å². The average molecular weight is 236 g/mol. The van der Waals surface area contributed by atoms with E-state index in [1.807, 2.05) is 7.05 Å². The Kier molecular flexibility index (Phi) is 4.63. The third-order valence-corrected chi connectivity index (χ3v) is 3.65. The molecule has 0 aromatic carbocycles. The molecule has 0 amide bonds. The summed E-state index contributed by atoms with van der Waals surface area (Å²) in [5.41, 5.74) is 0. The SMILES string of the molecule is CCc1ccc(CN2CCC(CNC)CC2)o1. The molecule has 3 nitrogen and oxygen atoms in total. The molecule has 0 bridgehead atoms. The van der Waals surface area contributed by atoms with Crippen LogP contribution in [0.1, 0.15) is 31.3 Å². The first kappa shape index (κ1) is 12.7. The van der Waals surface area contributed by atoms with Gasteiger partial charge < -0.3 is 9.73 Å². The molecule has 2 rings (SSSR count). The van der Waals surface area contributed by atoms with Crippen molar-refractivity contribution in [3.8, 4) is 0 Å². The van der Waals surface area contributed by atoms with Crippen LogP contribution < -0.4 is 5.32 Å². The number of hydrogen-bond acceptors (Lipinski definition) is 3. The minimum atomic E-state index is 0.860. The predicted octanol–water partition coefficient (Wildman–Crippen LogP) is 2.27. The summed E-state index contributed by atoms with van der Waals surface area (Å²) in [6, 6.07) is 4.22. The Morgan fingerprint density at radius 1 is 1.29 bits per heavy atom. The summed E-state index contributed by atoms with van der Waals surface area (Å²) in [6.07, 6.45) is 3.61. The van der Waals surface area contributed by atoms with Crippen molar-refractivity contribution in [2.24, 2.45) is 5.92 Å². The topological polar surface area (TPSA) is 28.4 Å². The number of piperidine rings is 1. The van der Waals surface area contributed by atoms with Crippen molar-refractivity contribution in [1.29, 1.82) is 0 Å². The summed E-state index contributed by atoms with van der Waals surface area (Å²) < 4.78 is 5.76. The van der Waals surface area contributed by atoms with Crippen molar-refractivity contribution < 1.29 is 4.42 Å². The lowest BCUT2D eigenvalue weighted by atomic mass is 9.97. The minimum absolute atomic E-state index is 0.860. The fourth-order valence-corrected chi connectivity index (χ4v) is 2.56. The predicted molar refractivity (Wildman–Crippen MR) is 70.0 cm³/mol. The highest BCUT2D eigenvalue weighted by Gasteiger charge is 2.19. The van der Waals surface area contributed by atoms with Crippen molar-refractivity contribution in [2.75, 3.05) is 26.7 Å². The van der Waals surface area contributed by atoms with Crippen LogP contribution in [0.2, 0.25) is 0 Å². The number of nitrogens with one attached hydrogen (secondary N) is 1. The van der Waals surface area contributed by atoms with Crippen LogP contribution in [-0.4, -0.2) is 31.6 Å². The third kappa shape index (κ3) is 3.58. The summed E-state index contributed by atoms with van der Waals surface area (Å²) in [4.78, 5) is 2.50. The Morgan fingerprint density at radius 3 is 2.59 bits per heavy atom. The molecule has 1 fully saturated rings. The summed E-state index contributed by atoms with van der Waals surface area (Å²) in [5.74, 6) is 3.08. The second-order valence-electron chi connectivity index (χ2n) is 5.00. The van der Waals surface area contributed by atoms with E-state index >= 15 is 0 Å². The van der Waals surface area contributed by atoms with Crippen LogP contribution in [0.5, 0.6) is 0 Å². The molecule has 0 radical (unpaired) electrons. The molecular weight excluding hydrogens is 212 g/mol. The van der Waals surface area contributed by atoms with Crippen LogP contribution in [0.3, 0.4) is 0 Å². The molecule has 1 aliphatic heterocycles.